The minimum atomic E-state index is -0.500. The van der Waals surface area contributed by atoms with Crippen molar-refractivity contribution < 1.29 is 42.6 Å². The van der Waals surface area contributed by atoms with E-state index in [2.05, 4.69) is 37.3 Å². The van der Waals surface area contributed by atoms with E-state index in [1.807, 2.05) is 30.5 Å². The molecule has 1 fully saturated rings. The number of hydrogen-bond donors (Lipinski definition) is 2. The van der Waals surface area contributed by atoms with Crippen LogP contribution in [0, 0.1) is 11.3 Å². The zero-order chi connectivity index (χ0) is 21.7. The number of benzene rings is 1. The topological polar surface area (TPSA) is 96.0 Å². The molecule has 3 heterocycles. The molecule has 161 valence electrons. The van der Waals surface area contributed by atoms with Crippen molar-refractivity contribution in [2.75, 3.05) is 13.1 Å². The maximum Gasteiger partial charge on any atom is 0.137 e. The standard InChI is InChI=1S/C19H16BrN4O.C4H10O.Y/c20-14-8-16-17(11-24-19(16)23-10-14)12-1-2-18(13(7-12)9-21)25-15-3-5-22-6-4-15;1-4(2,3)5;/h1-2,7-8,10-11,15H,3-6H2,(H,23,24);5H,1-3H3;/q-1;;. The number of piperidine rings is 1. The second-order valence-corrected chi connectivity index (χ2v) is 9.15. The maximum atomic E-state index is 9.55. The molecule has 2 N–H and O–H groups in total. The first-order valence-corrected chi connectivity index (χ1v) is 10.7. The van der Waals surface area contributed by atoms with Crippen molar-refractivity contribution in [1.29, 1.82) is 5.26 Å². The first-order valence-electron chi connectivity index (χ1n) is 9.94. The van der Waals surface area contributed by atoms with Gasteiger partial charge in [-0.25, -0.2) is 4.98 Å². The number of rotatable bonds is 3. The molecule has 0 aliphatic carbocycles. The van der Waals surface area contributed by atoms with Gasteiger partial charge in [-0.3, -0.25) is 0 Å². The summed E-state index contributed by atoms with van der Waals surface area (Å²) >= 11 is 3.46. The van der Waals surface area contributed by atoms with Crippen molar-refractivity contribution in [3.63, 3.8) is 0 Å². The SMILES string of the molecule is CC(C)(C)O.N#Cc1cc(-c2c[nH]c3ncc(Br)cc23)ccc1OC1CC[N-]CC1.[Y]. The Morgan fingerprint density at radius 2 is 1.94 bits per heavy atom. The molecule has 0 saturated carbocycles. The number of nitrogens with zero attached hydrogens (tertiary/aromatic N) is 3. The fraction of sp³-hybridized carbons (Fsp3) is 0.391. The van der Waals surface area contributed by atoms with Crippen LogP contribution in [0.5, 0.6) is 5.75 Å². The molecule has 1 saturated heterocycles. The summed E-state index contributed by atoms with van der Waals surface area (Å²) in [6.07, 6.45) is 5.65. The van der Waals surface area contributed by atoms with E-state index in [-0.39, 0.29) is 38.8 Å². The second-order valence-electron chi connectivity index (χ2n) is 8.23. The second kappa shape index (κ2) is 11.5. The Morgan fingerprint density at radius 3 is 2.58 bits per heavy atom. The Bertz CT molecular complexity index is 1040. The summed E-state index contributed by atoms with van der Waals surface area (Å²) in [4.78, 5) is 7.54. The number of halogens is 1. The summed E-state index contributed by atoms with van der Waals surface area (Å²) < 4.78 is 6.97. The van der Waals surface area contributed by atoms with Crippen LogP contribution in [0.2, 0.25) is 0 Å². The van der Waals surface area contributed by atoms with Gasteiger partial charge in [0.2, 0.25) is 0 Å². The van der Waals surface area contributed by atoms with Gasteiger partial charge in [0, 0.05) is 60.5 Å². The van der Waals surface area contributed by atoms with E-state index in [0.717, 1.165) is 52.6 Å². The van der Waals surface area contributed by atoms with Gasteiger partial charge in [0.1, 0.15) is 17.5 Å². The van der Waals surface area contributed by atoms with Crippen molar-refractivity contribution in [3.8, 4) is 22.9 Å². The number of ether oxygens (including phenoxy) is 1. The molecule has 1 aliphatic rings. The van der Waals surface area contributed by atoms with Crippen LogP contribution in [0.25, 0.3) is 27.5 Å². The molecule has 1 radical (unpaired) electrons. The molecule has 2 aromatic heterocycles. The van der Waals surface area contributed by atoms with E-state index in [9.17, 15) is 5.26 Å². The van der Waals surface area contributed by atoms with Crippen LogP contribution in [-0.2, 0) is 32.7 Å². The van der Waals surface area contributed by atoms with Crippen LogP contribution in [-0.4, -0.2) is 39.9 Å². The molecular weight excluding hydrogens is 533 g/mol. The summed E-state index contributed by atoms with van der Waals surface area (Å²) in [6.45, 7) is 6.90. The number of nitriles is 1. The maximum absolute atomic E-state index is 9.55. The normalized spacial score (nSPS) is 14.2. The van der Waals surface area contributed by atoms with Gasteiger partial charge in [-0.1, -0.05) is 6.07 Å². The number of nitrogens with one attached hydrogen (secondary N) is 1. The molecule has 0 atom stereocenters. The molecule has 3 aromatic rings. The third-order valence-corrected chi connectivity index (χ3v) is 4.85. The van der Waals surface area contributed by atoms with Gasteiger partial charge in [0.05, 0.1) is 17.3 Å². The number of aliphatic hydroxyl groups is 1. The van der Waals surface area contributed by atoms with Crippen molar-refractivity contribution in [2.45, 2.75) is 45.3 Å². The van der Waals surface area contributed by atoms with Gasteiger partial charge in [-0.2, -0.15) is 5.26 Å². The molecule has 0 unspecified atom stereocenters. The van der Waals surface area contributed by atoms with E-state index in [1.165, 1.54) is 0 Å². The predicted molar refractivity (Wildman–Crippen MR) is 123 cm³/mol. The Kier molecular flexibility index (Phi) is 9.66. The first-order chi connectivity index (χ1) is 14.2. The molecule has 8 heteroatoms. The molecule has 1 aliphatic heterocycles. The third kappa shape index (κ3) is 7.66. The average molecular weight is 559 g/mol. The Hall–Kier alpha value is -1.30. The van der Waals surface area contributed by atoms with Crippen molar-refractivity contribution >= 4 is 27.0 Å². The summed E-state index contributed by atoms with van der Waals surface area (Å²) in [7, 11) is 0. The van der Waals surface area contributed by atoms with Gasteiger partial charge in [-0.05, 0) is 73.3 Å². The van der Waals surface area contributed by atoms with Gasteiger partial charge in [0.15, 0.2) is 0 Å². The summed E-state index contributed by atoms with van der Waals surface area (Å²) in [5.41, 5.74) is 2.86. The van der Waals surface area contributed by atoms with E-state index in [0.29, 0.717) is 11.3 Å². The zero-order valence-corrected chi connectivity index (χ0v) is 22.4. The van der Waals surface area contributed by atoms with Gasteiger partial charge < -0.3 is 20.1 Å². The molecule has 6 nitrogen and oxygen atoms in total. The molecule has 0 bridgehead atoms. The van der Waals surface area contributed by atoms with Gasteiger partial charge in [-0.15, -0.1) is 13.1 Å². The largest absolute Gasteiger partial charge is 0.662 e. The first kappa shape index (κ1) is 26.0. The van der Waals surface area contributed by atoms with Crippen molar-refractivity contribution in [3.05, 3.63) is 52.0 Å². The molecule has 31 heavy (non-hydrogen) atoms. The minimum Gasteiger partial charge on any atom is -0.662 e. The van der Waals surface area contributed by atoms with Crippen LogP contribution in [0.4, 0.5) is 0 Å². The fourth-order valence-corrected chi connectivity index (χ4v) is 3.46. The smallest absolute Gasteiger partial charge is 0.137 e. The summed E-state index contributed by atoms with van der Waals surface area (Å²) in [5, 5.41) is 23.4. The number of H-pyrrole nitrogens is 1. The number of aromatic nitrogens is 2. The van der Waals surface area contributed by atoms with Crippen LogP contribution < -0.4 is 4.74 Å². The van der Waals surface area contributed by atoms with Gasteiger partial charge >= 0.3 is 0 Å². The summed E-state index contributed by atoms with van der Waals surface area (Å²) in [6, 6.07) is 10.1. The van der Waals surface area contributed by atoms with Crippen molar-refractivity contribution in [2.24, 2.45) is 0 Å². The monoisotopic (exact) mass is 558 g/mol. The van der Waals surface area contributed by atoms with Crippen LogP contribution >= 0.6 is 15.9 Å². The Balaban J connectivity index is 0.000000514. The molecule has 0 spiro atoms. The van der Waals surface area contributed by atoms with E-state index < -0.39 is 5.60 Å². The van der Waals surface area contributed by atoms with Gasteiger partial charge in [0.25, 0.3) is 0 Å². The van der Waals surface area contributed by atoms with Crippen LogP contribution in [0.1, 0.15) is 39.2 Å². The Morgan fingerprint density at radius 1 is 1.26 bits per heavy atom. The quantitative estimate of drug-likeness (QED) is 0.440. The number of fused-ring (bicyclic) bond motifs is 1. The molecule has 0 amide bonds. The predicted octanol–water partition coefficient (Wildman–Crippen LogP) is 5.55. The van der Waals surface area contributed by atoms with E-state index in [1.54, 1.807) is 27.0 Å². The molecule has 4 rings (SSSR count). The fourth-order valence-electron chi connectivity index (χ4n) is 3.13. The van der Waals surface area contributed by atoms with Crippen LogP contribution in [0.3, 0.4) is 0 Å². The van der Waals surface area contributed by atoms with E-state index in [4.69, 9.17) is 9.84 Å². The number of aromatic amines is 1. The third-order valence-electron chi connectivity index (χ3n) is 4.42. The molecule has 1 aromatic carbocycles. The Labute approximate surface area is 216 Å². The summed E-state index contributed by atoms with van der Waals surface area (Å²) in [5.74, 6) is 0.650. The van der Waals surface area contributed by atoms with E-state index >= 15 is 0 Å². The van der Waals surface area contributed by atoms with Crippen molar-refractivity contribution in [1.82, 2.24) is 9.97 Å². The number of hydrogen-bond acceptors (Lipinski definition) is 4. The average Bonchev–Trinajstić information content (AvgIpc) is 3.11. The number of pyridine rings is 1. The minimum absolute atomic E-state index is 0. The molecular formula is C23H26BrN4O2Y-. The van der Waals surface area contributed by atoms with Crippen LogP contribution in [0.15, 0.2) is 41.1 Å². The zero-order valence-electron chi connectivity index (χ0n) is 18.0.